The first-order valence-corrected chi connectivity index (χ1v) is 5.11. The Kier molecular flexibility index (Phi) is 4.53. The van der Waals surface area contributed by atoms with E-state index in [0.717, 1.165) is 11.4 Å². The van der Waals surface area contributed by atoms with Gasteiger partial charge in [0, 0.05) is 13.6 Å². The summed E-state index contributed by atoms with van der Waals surface area (Å²) in [5, 5.41) is 25.5. The maximum atomic E-state index is 8.87. The van der Waals surface area contributed by atoms with Crippen LogP contribution in [-0.4, -0.2) is 39.2 Å². The smallest absolute Gasteiger partial charge is 0.0860 e. The summed E-state index contributed by atoms with van der Waals surface area (Å²) in [6.07, 6.45) is 0. The van der Waals surface area contributed by atoms with Gasteiger partial charge < -0.3 is 15.5 Å². The van der Waals surface area contributed by atoms with E-state index in [4.69, 9.17) is 21.8 Å². The quantitative estimate of drug-likeness (QED) is 0.660. The Morgan fingerprint density at radius 1 is 1.47 bits per heavy atom. The lowest BCUT2D eigenvalue weighted by atomic mass is 10.3. The molecule has 1 heterocycles. The lowest BCUT2D eigenvalue weighted by molar-refractivity contribution is 0.169. The van der Waals surface area contributed by atoms with Gasteiger partial charge in [0.1, 0.15) is 0 Å². The van der Waals surface area contributed by atoms with Gasteiger partial charge in [-0.2, -0.15) is 5.10 Å². The van der Waals surface area contributed by atoms with Crippen LogP contribution in [0.25, 0.3) is 0 Å². The highest BCUT2D eigenvalue weighted by Gasteiger charge is 2.12. The third kappa shape index (κ3) is 2.92. The molecule has 6 heteroatoms. The van der Waals surface area contributed by atoms with Crippen molar-refractivity contribution >= 4 is 11.6 Å². The normalized spacial score (nSPS) is 11.3. The number of aromatic nitrogens is 2. The van der Waals surface area contributed by atoms with Gasteiger partial charge in [-0.3, -0.25) is 4.68 Å². The van der Waals surface area contributed by atoms with Crippen LogP contribution in [0.4, 0.5) is 0 Å². The Balaban J connectivity index is 2.64. The molecule has 5 nitrogen and oxygen atoms in total. The third-order valence-electron chi connectivity index (χ3n) is 2.26. The van der Waals surface area contributed by atoms with Crippen LogP contribution in [-0.2, 0) is 13.6 Å². The van der Waals surface area contributed by atoms with Crippen LogP contribution in [0, 0.1) is 6.92 Å². The van der Waals surface area contributed by atoms with E-state index in [2.05, 4.69) is 10.4 Å². The number of halogens is 1. The second-order valence-corrected chi connectivity index (χ2v) is 3.79. The summed E-state index contributed by atoms with van der Waals surface area (Å²) >= 11 is 6.04. The molecule has 0 bridgehead atoms. The zero-order valence-corrected chi connectivity index (χ0v) is 9.62. The van der Waals surface area contributed by atoms with E-state index in [1.807, 2.05) is 14.0 Å². The molecule has 0 aliphatic rings. The van der Waals surface area contributed by atoms with E-state index in [1.165, 1.54) is 0 Å². The van der Waals surface area contributed by atoms with Crippen LogP contribution in [0.15, 0.2) is 0 Å². The van der Waals surface area contributed by atoms with Gasteiger partial charge in [0.15, 0.2) is 0 Å². The van der Waals surface area contributed by atoms with Crippen LogP contribution >= 0.6 is 11.6 Å². The van der Waals surface area contributed by atoms with Crippen molar-refractivity contribution < 1.29 is 10.2 Å². The molecule has 0 atom stereocenters. The predicted octanol–water partition coefficient (Wildman–Crippen LogP) is -0.175. The summed E-state index contributed by atoms with van der Waals surface area (Å²) in [5.74, 6) is 0. The molecule has 0 aliphatic carbocycles. The minimum Gasteiger partial charge on any atom is -0.395 e. The van der Waals surface area contributed by atoms with Crippen molar-refractivity contribution in [1.82, 2.24) is 15.1 Å². The lowest BCUT2D eigenvalue weighted by Gasteiger charge is -2.13. The number of nitrogens with one attached hydrogen (secondary N) is 1. The summed E-state index contributed by atoms with van der Waals surface area (Å²) in [5.41, 5.74) is 1.63. The number of aliphatic hydroxyl groups excluding tert-OH is 2. The summed E-state index contributed by atoms with van der Waals surface area (Å²) in [6, 6.07) is -0.323. The first kappa shape index (κ1) is 12.4. The number of hydrogen-bond donors (Lipinski definition) is 3. The standard InChI is InChI=1S/C9H16ClN3O2/c1-6-9(10)8(13(2)12-6)3-11-7(4-14)5-15/h7,11,14-15H,3-5H2,1-2H3. The number of nitrogens with zero attached hydrogens (tertiary/aromatic N) is 2. The molecule has 0 saturated carbocycles. The predicted molar refractivity (Wildman–Crippen MR) is 57.8 cm³/mol. The maximum Gasteiger partial charge on any atom is 0.0860 e. The zero-order valence-electron chi connectivity index (χ0n) is 8.87. The molecule has 0 unspecified atom stereocenters. The molecule has 0 aliphatic heterocycles. The van der Waals surface area contributed by atoms with Gasteiger partial charge >= 0.3 is 0 Å². The number of rotatable bonds is 5. The van der Waals surface area contributed by atoms with Gasteiger partial charge in [0.2, 0.25) is 0 Å². The summed E-state index contributed by atoms with van der Waals surface area (Å²) in [7, 11) is 1.81. The van der Waals surface area contributed by atoms with Gasteiger partial charge in [0.25, 0.3) is 0 Å². The highest BCUT2D eigenvalue weighted by Crippen LogP contribution is 2.18. The Hall–Kier alpha value is -0.620. The molecular formula is C9H16ClN3O2. The molecule has 0 saturated heterocycles. The summed E-state index contributed by atoms with van der Waals surface area (Å²) in [6.45, 7) is 2.10. The Bertz CT molecular complexity index is 323. The molecule has 15 heavy (non-hydrogen) atoms. The third-order valence-corrected chi connectivity index (χ3v) is 2.75. The minimum atomic E-state index is -0.323. The van der Waals surface area contributed by atoms with E-state index >= 15 is 0 Å². The first-order chi connectivity index (χ1) is 7.10. The first-order valence-electron chi connectivity index (χ1n) is 4.73. The molecule has 1 aromatic heterocycles. The minimum absolute atomic E-state index is 0.106. The van der Waals surface area contributed by atoms with E-state index in [1.54, 1.807) is 4.68 Å². The average molecular weight is 234 g/mol. The van der Waals surface area contributed by atoms with Crippen molar-refractivity contribution in [2.75, 3.05) is 13.2 Å². The molecule has 3 N–H and O–H groups in total. The molecule has 1 rings (SSSR count). The number of aryl methyl sites for hydroxylation is 2. The fraction of sp³-hybridized carbons (Fsp3) is 0.667. The van der Waals surface area contributed by atoms with Crippen molar-refractivity contribution in [3.05, 3.63) is 16.4 Å². The van der Waals surface area contributed by atoms with Crippen LogP contribution in [0.3, 0.4) is 0 Å². The van der Waals surface area contributed by atoms with Crippen LogP contribution in [0.5, 0.6) is 0 Å². The Labute approximate surface area is 93.7 Å². The summed E-state index contributed by atoms with van der Waals surface area (Å²) < 4.78 is 1.69. The molecule has 0 aromatic carbocycles. The molecule has 0 spiro atoms. The van der Waals surface area contributed by atoms with E-state index < -0.39 is 0 Å². The Morgan fingerprint density at radius 2 is 2.07 bits per heavy atom. The van der Waals surface area contributed by atoms with Crippen molar-refractivity contribution in [2.24, 2.45) is 7.05 Å². The monoisotopic (exact) mass is 233 g/mol. The highest BCUT2D eigenvalue weighted by atomic mass is 35.5. The van der Waals surface area contributed by atoms with Gasteiger partial charge in [-0.05, 0) is 6.92 Å². The number of aliphatic hydroxyl groups is 2. The topological polar surface area (TPSA) is 70.3 Å². The Morgan fingerprint density at radius 3 is 2.47 bits per heavy atom. The molecule has 0 amide bonds. The molecular weight excluding hydrogens is 218 g/mol. The lowest BCUT2D eigenvalue weighted by Crippen LogP contribution is -2.35. The van der Waals surface area contributed by atoms with Crippen molar-refractivity contribution in [1.29, 1.82) is 0 Å². The second kappa shape index (κ2) is 5.46. The fourth-order valence-electron chi connectivity index (χ4n) is 1.30. The van der Waals surface area contributed by atoms with Crippen molar-refractivity contribution in [3.63, 3.8) is 0 Å². The van der Waals surface area contributed by atoms with E-state index in [-0.39, 0.29) is 19.3 Å². The second-order valence-electron chi connectivity index (χ2n) is 3.41. The van der Waals surface area contributed by atoms with Crippen molar-refractivity contribution in [3.8, 4) is 0 Å². The largest absolute Gasteiger partial charge is 0.395 e. The SMILES string of the molecule is Cc1nn(C)c(CNC(CO)CO)c1Cl. The van der Waals surface area contributed by atoms with Crippen LogP contribution in [0.2, 0.25) is 5.02 Å². The van der Waals surface area contributed by atoms with Crippen LogP contribution in [0.1, 0.15) is 11.4 Å². The van der Waals surface area contributed by atoms with Gasteiger partial charge in [-0.15, -0.1) is 0 Å². The highest BCUT2D eigenvalue weighted by molar-refractivity contribution is 6.31. The molecule has 86 valence electrons. The molecule has 0 radical (unpaired) electrons. The fourth-order valence-corrected chi connectivity index (χ4v) is 1.53. The molecule has 0 fully saturated rings. The van der Waals surface area contributed by atoms with Gasteiger partial charge in [-0.25, -0.2) is 0 Å². The van der Waals surface area contributed by atoms with E-state index in [9.17, 15) is 0 Å². The van der Waals surface area contributed by atoms with Gasteiger partial charge in [-0.1, -0.05) is 11.6 Å². The van der Waals surface area contributed by atoms with E-state index in [0.29, 0.717) is 11.6 Å². The average Bonchev–Trinajstić information content (AvgIpc) is 2.45. The zero-order chi connectivity index (χ0) is 11.4. The van der Waals surface area contributed by atoms with Crippen molar-refractivity contribution in [2.45, 2.75) is 19.5 Å². The summed E-state index contributed by atoms with van der Waals surface area (Å²) in [4.78, 5) is 0. The maximum absolute atomic E-state index is 8.87. The van der Waals surface area contributed by atoms with Crippen LogP contribution < -0.4 is 5.32 Å². The van der Waals surface area contributed by atoms with Gasteiger partial charge in [0.05, 0.1) is 35.7 Å². The number of hydrogen-bond acceptors (Lipinski definition) is 4. The molecule has 1 aromatic rings.